The molecular weight excluding hydrogens is 409 g/mol. The summed E-state index contributed by atoms with van der Waals surface area (Å²) in [5, 5.41) is 13.6. The monoisotopic (exact) mass is 423 g/mol. The molecule has 1 amide bonds. The lowest BCUT2D eigenvalue weighted by Crippen LogP contribution is -2.11. The molecule has 8 heteroatoms. The van der Waals surface area contributed by atoms with Gasteiger partial charge in [0.25, 0.3) is 0 Å². The van der Waals surface area contributed by atoms with Crippen LogP contribution in [-0.2, 0) is 4.79 Å². The van der Waals surface area contributed by atoms with Gasteiger partial charge in [-0.1, -0.05) is 46.7 Å². The summed E-state index contributed by atoms with van der Waals surface area (Å²) in [6.45, 7) is 0. The lowest BCUT2D eigenvalue weighted by Gasteiger charge is -2.02. The first-order chi connectivity index (χ1) is 12.6. The highest BCUT2D eigenvalue weighted by atomic mass is 35.5. The summed E-state index contributed by atoms with van der Waals surface area (Å²) in [5.74, 6) is 0.807. The Kier molecular flexibility index (Phi) is 6.91. The number of hydrogen-bond donors (Lipinski definition) is 1. The van der Waals surface area contributed by atoms with Crippen LogP contribution in [0.1, 0.15) is 12.8 Å². The van der Waals surface area contributed by atoms with Crippen LogP contribution < -0.4 is 5.32 Å². The molecule has 0 radical (unpaired) electrons. The molecule has 0 saturated heterocycles. The lowest BCUT2D eigenvalue weighted by molar-refractivity contribution is -0.116. The predicted molar refractivity (Wildman–Crippen MR) is 110 cm³/mol. The Hall–Kier alpha value is -1.60. The van der Waals surface area contributed by atoms with Crippen molar-refractivity contribution < 1.29 is 4.79 Å². The van der Waals surface area contributed by atoms with Crippen LogP contribution in [0.25, 0.3) is 10.6 Å². The average molecular weight is 424 g/mol. The smallest absolute Gasteiger partial charge is 0.226 e. The zero-order valence-electron chi connectivity index (χ0n) is 13.6. The molecule has 0 atom stereocenters. The third kappa shape index (κ3) is 5.71. The van der Waals surface area contributed by atoms with E-state index in [4.69, 9.17) is 23.2 Å². The number of nitrogens with zero attached hydrogens (tertiary/aromatic N) is 2. The number of aromatic nitrogens is 2. The Balaban J connectivity index is 1.43. The minimum absolute atomic E-state index is 0.0551. The van der Waals surface area contributed by atoms with Crippen LogP contribution in [0.4, 0.5) is 5.13 Å². The van der Waals surface area contributed by atoms with Crippen molar-refractivity contribution in [1.29, 1.82) is 0 Å². The fourth-order valence-electron chi connectivity index (χ4n) is 2.12. The van der Waals surface area contributed by atoms with E-state index in [1.54, 1.807) is 23.9 Å². The van der Waals surface area contributed by atoms with Gasteiger partial charge < -0.3 is 5.32 Å². The summed E-state index contributed by atoms with van der Waals surface area (Å²) >= 11 is 14.8. The molecule has 4 nitrogen and oxygen atoms in total. The number of rotatable bonds is 7. The first-order valence-electron chi connectivity index (χ1n) is 7.88. The highest BCUT2D eigenvalue weighted by molar-refractivity contribution is 7.99. The van der Waals surface area contributed by atoms with Crippen LogP contribution in [0.3, 0.4) is 0 Å². The molecule has 2 aromatic carbocycles. The molecule has 0 fully saturated rings. The van der Waals surface area contributed by atoms with Gasteiger partial charge in [-0.15, -0.1) is 22.0 Å². The maximum Gasteiger partial charge on any atom is 0.226 e. The molecule has 1 N–H and O–H groups in total. The minimum atomic E-state index is -0.0551. The average Bonchev–Trinajstić information content (AvgIpc) is 3.09. The van der Waals surface area contributed by atoms with Gasteiger partial charge in [-0.05, 0) is 48.6 Å². The fourth-order valence-corrected chi connectivity index (χ4v) is 3.99. The Bertz CT molecular complexity index is 867. The third-order valence-corrected chi connectivity index (χ3v) is 5.88. The molecule has 3 aromatic rings. The number of amides is 1. The maximum atomic E-state index is 12.0. The van der Waals surface area contributed by atoms with E-state index in [1.807, 2.05) is 36.4 Å². The van der Waals surface area contributed by atoms with Gasteiger partial charge in [-0.2, -0.15) is 0 Å². The molecule has 0 aliphatic carbocycles. The van der Waals surface area contributed by atoms with E-state index < -0.39 is 0 Å². The molecular formula is C18H15Cl2N3OS2. The summed E-state index contributed by atoms with van der Waals surface area (Å²) < 4.78 is 0. The van der Waals surface area contributed by atoms with Crippen molar-refractivity contribution in [3.8, 4) is 10.6 Å². The molecule has 0 aliphatic rings. The highest BCUT2D eigenvalue weighted by Crippen LogP contribution is 2.27. The third-order valence-electron chi connectivity index (χ3n) is 3.39. The topological polar surface area (TPSA) is 54.9 Å². The number of carbonyl (C=O) groups is 1. The highest BCUT2D eigenvalue weighted by Gasteiger charge is 2.09. The van der Waals surface area contributed by atoms with E-state index in [9.17, 15) is 4.79 Å². The molecule has 1 aromatic heterocycles. The van der Waals surface area contributed by atoms with Crippen molar-refractivity contribution in [1.82, 2.24) is 10.2 Å². The molecule has 134 valence electrons. The Labute approximate surface area is 169 Å². The van der Waals surface area contributed by atoms with Gasteiger partial charge in [-0.25, -0.2) is 0 Å². The van der Waals surface area contributed by atoms with E-state index in [-0.39, 0.29) is 5.91 Å². The standard InChI is InChI=1S/C18H15Cl2N3OS2/c19-13-5-3-12(4-6-13)17-22-23-18(26-17)21-16(24)2-1-11-25-15-9-7-14(20)8-10-15/h3-10H,1-2,11H2,(H,21,23,24). The summed E-state index contributed by atoms with van der Waals surface area (Å²) in [4.78, 5) is 13.2. The van der Waals surface area contributed by atoms with Gasteiger partial charge in [0.2, 0.25) is 11.0 Å². The van der Waals surface area contributed by atoms with Crippen LogP contribution >= 0.6 is 46.3 Å². The lowest BCUT2D eigenvalue weighted by atomic mass is 10.2. The van der Waals surface area contributed by atoms with Crippen molar-refractivity contribution in [3.05, 3.63) is 58.6 Å². The number of carbonyl (C=O) groups excluding carboxylic acids is 1. The number of benzene rings is 2. The number of thioether (sulfide) groups is 1. The van der Waals surface area contributed by atoms with Crippen molar-refractivity contribution >= 4 is 57.3 Å². The van der Waals surface area contributed by atoms with Crippen molar-refractivity contribution in [3.63, 3.8) is 0 Å². The number of halogens is 2. The summed E-state index contributed by atoms with van der Waals surface area (Å²) in [7, 11) is 0. The van der Waals surface area contributed by atoms with Crippen LogP contribution in [-0.4, -0.2) is 21.9 Å². The molecule has 0 bridgehead atoms. The van der Waals surface area contributed by atoms with Crippen LogP contribution in [0.15, 0.2) is 53.4 Å². The number of anilines is 1. The molecule has 3 rings (SSSR count). The van der Waals surface area contributed by atoms with Gasteiger partial charge in [-0.3, -0.25) is 4.79 Å². The SMILES string of the molecule is O=C(CCCSc1ccc(Cl)cc1)Nc1nnc(-c2ccc(Cl)cc2)s1. The predicted octanol–water partition coefficient (Wildman–Crippen LogP) is 6.02. The fraction of sp³-hybridized carbons (Fsp3) is 0.167. The largest absolute Gasteiger partial charge is 0.301 e. The van der Waals surface area contributed by atoms with Gasteiger partial charge in [0, 0.05) is 26.9 Å². The minimum Gasteiger partial charge on any atom is -0.301 e. The summed E-state index contributed by atoms with van der Waals surface area (Å²) in [6, 6.07) is 15.0. The van der Waals surface area contributed by atoms with Crippen molar-refractivity contribution in [2.24, 2.45) is 0 Å². The van der Waals surface area contributed by atoms with Gasteiger partial charge >= 0.3 is 0 Å². The van der Waals surface area contributed by atoms with E-state index in [0.29, 0.717) is 16.6 Å². The van der Waals surface area contributed by atoms with E-state index in [0.717, 1.165) is 32.7 Å². The Morgan fingerprint density at radius 3 is 2.35 bits per heavy atom. The zero-order chi connectivity index (χ0) is 18.4. The first-order valence-corrected chi connectivity index (χ1v) is 10.4. The van der Waals surface area contributed by atoms with E-state index in [1.165, 1.54) is 11.3 Å². The van der Waals surface area contributed by atoms with Crippen LogP contribution in [0.5, 0.6) is 0 Å². The normalized spacial score (nSPS) is 10.7. The first kappa shape index (κ1) is 19.2. The second-order valence-corrected chi connectivity index (χ2v) is 8.39. The van der Waals surface area contributed by atoms with E-state index >= 15 is 0 Å². The molecule has 1 heterocycles. The van der Waals surface area contributed by atoms with Crippen molar-refractivity contribution in [2.75, 3.05) is 11.1 Å². The Morgan fingerprint density at radius 1 is 1.00 bits per heavy atom. The van der Waals surface area contributed by atoms with Gasteiger partial charge in [0.15, 0.2) is 0 Å². The molecule has 0 aliphatic heterocycles. The summed E-state index contributed by atoms with van der Waals surface area (Å²) in [5.41, 5.74) is 0.923. The van der Waals surface area contributed by atoms with E-state index in [2.05, 4.69) is 15.5 Å². The van der Waals surface area contributed by atoms with Crippen LogP contribution in [0.2, 0.25) is 10.0 Å². The van der Waals surface area contributed by atoms with Crippen LogP contribution in [0, 0.1) is 0 Å². The molecule has 26 heavy (non-hydrogen) atoms. The van der Waals surface area contributed by atoms with Crippen molar-refractivity contribution in [2.45, 2.75) is 17.7 Å². The van der Waals surface area contributed by atoms with Gasteiger partial charge in [0.05, 0.1) is 0 Å². The summed E-state index contributed by atoms with van der Waals surface area (Å²) in [6.07, 6.45) is 1.22. The molecule has 0 spiro atoms. The Morgan fingerprint density at radius 2 is 1.65 bits per heavy atom. The zero-order valence-corrected chi connectivity index (χ0v) is 16.8. The van der Waals surface area contributed by atoms with Gasteiger partial charge in [0.1, 0.15) is 5.01 Å². The number of hydrogen-bond acceptors (Lipinski definition) is 5. The molecule has 0 saturated carbocycles. The number of nitrogens with one attached hydrogen (secondary N) is 1. The second-order valence-electron chi connectivity index (χ2n) is 5.37. The molecule has 0 unspecified atom stereocenters. The second kappa shape index (κ2) is 9.37. The quantitative estimate of drug-likeness (QED) is 0.372. The maximum absolute atomic E-state index is 12.0.